The second kappa shape index (κ2) is 4.60. The number of rotatable bonds is 3. The highest BCUT2D eigenvalue weighted by atomic mass is 35.5. The number of hydrogen-bond acceptors (Lipinski definition) is 2. The number of nitrogens with one attached hydrogen (secondary N) is 1. The number of anilines is 1. The first-order valence-electron chi connectivity index (χ1n) is 5.52. The second-order valence-electron chi connectivity index (χ2n) is 4.49. The minimum Gasteiger partial charge on any atom is -0.381 e. The number of benzene rings is 1. The van der Waals surface area contributed by atoms with Crippen molar-refractivity contribution < 1.29 is 4.39 Å². The lowest BCUT2D eigenvalue weighted by molar-refractivity contribution is 0.187. The largest absolute Gasteiger partial charge is 0.381 e. The van der Waals surface area contributed by atoms with E-state index in [9.17, 15) is 4.39 Å². The fraction of sp³-hybridized carbons (Fsp3) is 0.500. The van der Waals surface area contributed by atoms with E-state index in [1.807, 2.05) is 18.2 Å². The predicted molar refractivity (Wildman–Crippen MR) is 65.6 cm³/mol. The van der Waals surface area contributed by atoms with Gasteiger partial charge in [-0.05, 0) is 31.4 Å². The lowest BCUT2D eigenvalue weighted by atomic mass is 10.0. The summed E-state index contributed by atoms with van der Waals surface area (Å²) in [6, 6.07) is 7.36. The summed E-state index contributed by atoms with van der Waals surface area (Å²) in [7, 11) is 0. The summed E-state index contributed by atoms with van der Waals surface area (Å²) in [5.41, 5.74) is 5.31. The molecule has 1 aliphatic rings. The monoisotopic (exact) mass is 242 g/mol. The Kier molecular flexibility index (Phi) is 3.36. The smallest absolute Gasteiger partial charge is 0.129 e. The van der Waals surface area contributed by atoms with Gasteiger partial charge in [-0.2, -0.15) is 0 Å². The molecule has 0 heterocycles. The Labute approximate surface area is 100.0 Å². The maximum atomic E-state index is 14.2. The van der Waals surface area contributed by atoms with Crippen molar-refractivity contribution in [1.82, 2.24) is 0 Å². The van der Waals surface area contributed by atoms with Gasteiger partial charge in [-0.3, -0.25) is 0 Å². The predicted octanol–water partition coefficient (Wildman–Crippen LogP) is 2.97. The molecule has 1 aromatic rings. The summed E-state index contributed by atoms with van der Waals surface area (Å²) in [5.74, 6) is 0. The van der Waals surface area contributed by atoms with Crippen LogP contribution < -0.4 is 11.1 Å². The zero-order chi connectivity index (χ0) is 11.6. The highest BCUT2D eigenvalue weighted by Gasteiger charge is 2.37. The van der Waals surface area contributed by atoms with E-state index in [0.717, 1.165) is 12.1 Å². The quantitative estimate of drug-likeness (QED) is 0.855. The van der Waals surface area contributed by atoms with Crippen molar-refractivity contribution in [3.8, 4) is 0 Å². The Morgan fingerprint density at radius 1 is 1.50 bits per heavy atom. The summed E-state index contributed by atoms with van der Waals surface area (Å²) in [6.45, 7) is 0.282. The zero-order valence-electron chi connectivity index (χ0n) is 9.05. The van der Waals surface area contributed by atoms with Crippen LogP contribution in [0.3, 0.4) is 0 Å². The average Bonchev–Trinajstić information content (AvgIpc) is 2.58. The summed E-state index contributed by atoms with van der Waals surface area (Å²) < 4.78 is 14.2. The van der Waals surface area contributed by atoms with E-state index < -0.39 is 5.67 Å². The van der Waals surface area contributed by atoms with E-state index in [2.05, 4.69) is 5.32 Å². The molecule has 0 saturated heterocycles. The Morgan fingerprint density at radius 3 is 2.88 bits per heavy atom. The molecule has 0 aliphatic heterocycles. The molecular weight excluding hydrogens is 227 g/mol. The van der Waals surface area contributed by atoms with Gasteiger partial charge in [0.25, 0.3) is 0 Å². The molecular formula is C12H16ClFN2. The molecule has 0 spiro atoms. The maximum absolute atomic E-state index is 14.2. The number of alkyl halides is 1. The van der Waals surface area contributed by atoms with Crippen LogP contribution in [-0.2, 0) is 0 Å². The van der Waals surface area contributed by atoms with E-state index in [1.54, 1.807) is 6.07 Å². The number of nitrogens with two attached hydrogens (primary N) is 1. The molecule has 2 unspecified atom stereocenters. The van der Waals surface area contributed by atoms with Crippen molar-refractivity contribution in [2.24, 2.45) is 5.73 Å². The first-order valence-corrected chi connectivity index (χ1v) is 5.90. The standard InChI is InChI=1S/C12H16ClFN2/c13-10-3-1-2-4-11(10)16-8-12(14)6-5-9(15)7-12/h1-4,9,16H,5-8,15H2. The molecule has 3 N–H and O–H groups in total. The van der Waals surface area contributed by atoms with E-state index in [0.29, 0.717) is 17.9 Å². The average molecular weight is 243 g/mol. The number of para-hydroxylation sites is 1. The van der Waals surface area contributed by atoms with Gasteiger partial charge in [-0.1, -0.05) is 23.7 Å². The molecule has 16 heavy (non-hydrogen) atoms. The van der Waals surface area contributed by atoms with Gasteiger partial charge in [0.2, 0.25) is 0 Å². The van der Waals surface area contributed by atoms with Gasteiger partial charge in [0.05, 0.1) is 10.7 Å². The van der Waals surface area contributed by atoms with Crippen LogP contribution in [0.4, 0.5) is 10.1 Å². The van der Waals surface area contributed by atoms with Gasteiger partial charge in [0.1, 0.15) is 5.67 Å². The first-order chi connectivity index (χ1) is 7.59. The van der Waals surface area contributed by atoms with Gasteiger partial charge < -0.3 is 11.1 Å². The van der Waals surface area contributed by atoms with Crippen LogP contribution in [0.1, 0.15) is 19.3 Å². The molecule has 0 aromatic heterocycles. The molecule has 2 rings (SSSR count). The van der Waals surface area contributed by atoms with Crippen molar-refractivity contribution in [3.63, 3.8) is 0 Å². The van der Waals surface area contributed by atoms with Crippen LogP contribution in [0.2, 0.25) is 5.02 Å². The number of hydrogen-bond donors (Lipinski definition) is 2. The lowest BCUT2D eigenvalue weighted by Crippen LogP contribution is -2.31. The highest BCUT2D eigenvalue weighted by molar-refractivity contribution is 6.33. The van der Waals surface area contributed by atoms with Crippen LogP contribution in [-0.4, -0.2) is 18.3 Å². The molecule has 1 saturated carbocycles. The minimum atomic E-state index is -1.18. The molecule has 1 aliphatic carbocycles. The van der Waals surface area contributed by atoms with Gasteiger partial charge in [-0.25, -0.2) is 4.39 Å². The molecule has 2 nitrogen and oxygen atoms in total. The SMILES string of the molecule is NC1CCC(F)(CNc2ccccc2Cl)C1. The third-order valence-corrected chi connectivity index (χ3v) is 3.39. The summed E-state index contributed by atoms with van der Waals surface area (Å²) in [6.07, 6.45) is 1.73. The minimum absolute atomic E-state index is 0.00181. The van der Waals surface area contributed by atoms with E-state index in [1.165, 1.54) is 0 Å². The first kappa shape index (κ1) is 11.7. The van der Waals surface area contributed by atoms with Crippen LogP contribution in [0.5, 0.6) is 0 Å². The highest BCUT2D eigenvalue weighted by Crippen LogP contribution is 2.33. The van der Waals surface area contributed by atoms with Crippen LogP contribution >= 0.6 is 11.6 Å². The number of halogens is 2. The molecule has 1 aromatic carbocycles. The molecule has 88 valence electrons. The second-order valence-corrected chi connectivity index (χ2v) is 4.89. The van der Waals surface area contributed by atoms with Gasteiger partial charge in [0, 0.05) is 12.6 Å². The zero-order valence-corrected chi connectivity index (χ0v) is 9.80. The van der Waals surface area contributed by atoms with Crippen molar-refractivity contribution in [3.05, 3.63) is 29.3 Å². The molecule has 4 heteroatoms. The topological polar surface area (TPSA) is 38.0 Å². The third kappa shape index (κ3) is 2.66. The fourth-order valence-electron chi connectivity index (χ4n) is 2.14. The fourth-order valence-corrected chi connectivity index (χ4v) is 2.34. The van der Waals surface area contributed by atoms with Crippen LogP contribution in [0, 0.1) is 0 Å². The van der Waals surface area contributed by atoms with E-state index in [4.69, 9.17) is 17.3 Å². The Bertz CT molecular complexity index is 372. The summed E-state index contributed by atoms with van der Waals surface area (Å²) >= 11 is 5.97. The Morgan fingerprint density at radius 2 is 2.25 bits per heavy atom. The summed E-state index contributed by atoms with van der Waals surface area (Å²) in [4.78, 5) is 0. The lowest BCUT2D eigenvalue weighted by Gasteiger charge is -2.20. The van der Waals surface area contributed by atoms with E-state index >= 15 is 0 Å². The maximum Gasteiger partial charge on any atom is 0.129 e. The third-order valence-electron chi connectivity index (χ3n) is 3.06. The molecule has 1 fully saturated rings. The molecule has 0 amide bonds. The molecule has 2 atom stereocenters. The normalized spacial score (nSPS) is 29.3. The van der Waals surface area contributed by atoms with Gasteiger partial charge >= 0.3 is 0 Å². The van der Waals surface area contributed by atoms with Crippen molar-refractivity contribution in [1.29, 1.82) is 0 Å². The molecule has 0 bridgehead atoms. The van der Waals surface area contributed by atoms with Crippen molar-refractivity contribution in [2.45, 2.75) is 31.0 Å². The van der Waals surface area contributed by atoms with Crippen molar-refractivity contribution in [2.75, 3.05) is 11.9 Å². The van der Waals surface area contributed by atoms with Gasteiger partial charge in [0.15, 0.2) is 0 Å². The van der Waals surface area contributed by atoms with Crippen LogP contribution in [0.15, 0.2) is 24.3 Å². The molecule has 0 radical (unpaired) electrons. The summed E-state index contributed by atoms with van der Waals surface area (Å²) in [5, 5.41) is 3.67. The van der Waals surface area contributed by atoms with Crippen LogP contribution in [0.25, 0.3) is 0 Å². The Hall–Kier alpha value is -0.800. The van der Waals surface area contributed by atoms with E-state index in [-0.39, 0.29) is 12.6 Å². The van der Waals surface area contributed by atoms with Crippen molar-refractivity contribution >= 4 is 17.3 Å². The van der Waals surface area contributed by atoms with Gasteiger partial charge in [-0.15, -0.1) is 0 Å². The Balaban J connectivity index is 1.95.